The summed E-state index contributed by atoms with van der Waals surface area (Å²) in [5.74, 6) is -7.72. The summed E-state index contributed by atoms with van der Waals surface area (Å²) in [7, 11) is 0. The van der Waals surface area contributed by atoms with Crippen molar-refractivity contribution < 1.29 is 106 Å². The molecular formula is C106H115BrN12O22S5. The van der Waals surface area contributed by atoms with Crippen LogP contribution in [0, 0.1) is 0 Å². The Kier molecular flexibility index (Phi) is 39.8. The molecule has 5 amide bonds. The second-order valence-corrected chi connectivity index (χ2v) is 42.1. The van der Waals surface area contributed by atoms with Gasteiger partial charge in [0.05, 0.1) is 71.8 Å². The van der Waals surface area contributed by atoms with Crippen molar-refractivity contribution in [1.82, 2.24) is 54.0 Å². The maximum absolute atomic E-state index is 13.5. The van der Waals surface area contributed by atoms with Gasteiger partial charge in [-0.25, -0.2) is 29.3 Å². The summed E-state index contributed by atoms with van der Waals surface area (Å²) in [6.45, 7) is 21.0. The molecule has 0 saturated carbocycles. The highest BCUT2D eigenvalue weighted by atomic mass is 79.9. The molecule has 0 bridgehead atoms. The number of fused-ring (bicyclic) bond motifs is 6. The molecule has 14 aromatic rings. The van der Waals surface area contributed by atoms with Crippen LogP contribution in [0.4, 0.5) is 9.59 Å². The highest BCUT2D eigenvalue weighted by molar-refractivity contribution is 9.10. The number of hydrogen-bond acceptors (Lipinski definition) is 30. The molecule has 3 aliphatic heterocycles. The van der Waals surface area contributed by atoms with Crippen molar-refractivity contribution >= 4 is 177 Å². The Labute approximate surface area is 871 Å². The van der Waals surface area contributed by atoms with E-state index in [1.807, 2.05) is 234 Å². The van der Waals surface area contributed by atoms with Crippen LogP contribution >= 0.6 is 72.6 Å². The molecule has 146 heavy (non-hydrogen) atoms. The van der Waals surface area contributed by atoms with E-state index in [9.17, 15) is 72.9 Å². The van der Waals surface area contributed by atoms with E-state index in [-0.39, 0.29) is 38.6 Å². The second-order valence-electron chi connectivity index (χ2n) is 36.2. The van der Waals surface area contributed by atoms with E-state index in [1.165, 1.54) is 53.3 Å². The summed E-state index contributed by atoms with van der Waals surface area (Å²) in [6.07, 6.45) is -4.60. The summed E-state index contributed by atoms with van der Waals surface area (Å²) in [4.78, 5) is 168. The summed E-state index contributed by atoms with van der Waals surface area (Å²) in [5.41, 5.74) is 21.1. The minimum atomic E-state index is -1.90. The molecular weight excluding hydrogens is 2030 g/mol. The number of aryl methyl sites for hydroxylation is 2. The number of alkyl carbamates (subject to hydrolysis) is 2. The quantitative estimate of drug-likeness (QED) is 0.0157. The molecule has 17 rings (SSSR count). The predicted octanol–water partition coefficient (Wildman–Crippen LogP) is 15.8. The topological polar surface area (TPSA) is 454 Å². The minimum absolute atomic E-state index is 0.0111. The van der Waals surface area contributed by atoms with E-state index in [2.05, 4.69) is 82.8 Å². The Morgan fingerprint density at radius 3 is 1.05 bits per heavy atom. The van der Waals surface area contributed by atoms with Crippen LogP contribution in [-0.4, -0.2) is 183 Å². The van der Waals surface area contributed by atoms with Gasteiger partial charge in [-0.2, -0.15) is 0 Å². The van der Waals surface area contributed by atoms with Gasteiger partial charge in [0.25, 0.3) is 17.7 Å². The summed E-state index contributed by atoms with van der Waals surface area (Å²) in [6, 6.07) is 56.7. The Morgan fingerprint density at radius 2 is 0.705 bits per heavy atom. The third-order valence-electron chi connectivity index (χ3n) is 22.4. The van der Waals surface area contributed by atoms with E-state index < -0.39 is 113 Å². The zero-order chi connectivity index (χ0) is 105. The number of aliphatic hydroxyl groups is 3. The summed E-state index contributed by atoms with van der Waals surface area (Å²) in [5, 5.41) is 54.3. The van der Waals surface area contributed by atoms with Crippen LogP contribution < -0.4 is 16.4 Å². The summed E-state index contributed by atoms with van der Waals surface area (Å²) >= 11 is 11.3. The van der Waals surface area contributed by atoms with Gasteiger partial charge in [-0.3, -0.25) is 43.2 Å². The standard InChI is InChI=1S/C30H29N3O6S.C26H25N3O4S.C16H17NO7.C13H13N3S.C11H17NO3S.C10H14BrNO2S/c1-19(34)38-28(29(39-20(2)35)30(37)32-15-22-7-3-4-8-23(22)16-32)27(36)12-11-24-13-21(17-40-24)14-33-18-31-25-9-5-6-10-26(25)33;30-23(24(31)25(32)26(33)28-13-18-5-1-2-6-19(18)14-28)10-9-20-11-17(15-34-20)12-29-16-27-21-7-3-4-8-22(21)29;1-9(18)23-13(14(16(21)22)24-10(2)19)15(20)17-7-11-5-3-4-6-12(11)8-17;14-6-11-5-10(8-17-11)7-16-9-15-12-3-1-2-4-13(12)16;1-11(2,3)15-10(14)12-5-9-4-8(6-13)7-16-9;1-10(2,3)14-9(13)12-5-8-4-7(11)6-15-8/h3-10,13,17-18,28-29H,11-12,14-16H2,1-2H3;1-8,11,15-16,24-25,31-32H,9-10,12-14H2;3-6,13-14H,7-8H2,1-2H3,(H,21,22);1-5,8-9H,6-7,14H2;4,7,13H,5-6H2,1-3H3,(H,12,14);4,6H,5H2,1-3H3,(H,12,13)/t28-,29+;24-,25+;13-,14-;;;/m001.../s1. The molecule has 0 unspecified atom stereocenters. The highest BCUT2D eigenvalue weighted by Gasteiger charge is 2.45. The van der Waals surface area contributed by atoms with Gasteiger partial charge in [-0.05, 0) is 214 Å². The van der Waals surface area contributed by atoms with Gasteiger partial charge in [0.2, 0.25) is 24.4 Å². The van der Waals surface area contributed by atoms with Crippen molar-refractivity contribution in [2.45, 2.75) is 228 Å². The van der Waals surface area contributed by atoms with Crippen molar-refractivity contribution in [3.63, 3.8) is 0 Å². The molecule has 6 aromatic carbocycles. The smallest absolute Gasteiger partial charge is 0.407 e. The molecule has 40 heteroatoms. The van der Waals surface area contributed by atoms with Crippen LogP contribution in [0.2, 0.25) is 0 Å². The number of aromatic nitrogens is 6. The number of Topliss-reactive ketones (excluding diaryl/α,β-unsaturated/α-hetero) is 2. The SMILES string of the molecule is CC(=O)O[C@@H](C(=O)CCc1cc(Cn2cnc3ccccc32)cs1)[C@@H](OC(C)=O)C(=O)N1Cc2ccccc2C1.CC(=O)O[C@@H](C(=O)O)[C@@H](OC(C)=O)C(=O)N1Cc2ccccc2C1.CC(C)(C)OC(=O)NCc1cc(Br)cs1.CC(C)(C)OC(=O)NCc1cc(CO)cs1.NCc1cc(Cn2cnc3ccccc32)cs1.O=C(CCc1cc(Cn2cnc3ccccc32)cs1)[C@H](O)[C@@H](O)C(=O)N1Cc2ccccc2C1. The predicted molar refractivity (Wildman–Crippen MR) is 556 cm³/mol. The van der Waals surface area contributed by atoms with Gasteiger partial charge in [0.1, 0.15) is 17.3 Å². The third-order valence-corrected chi connectivity index (χ3v) is 28.2. The van der Waals surface area contributed by atoms with Crippen LogP contribution in [0.25, 0.3) is 33.1 Å². The lowest BCUT2D eigenvalue weighted by Gasteiger charge is -2.28. The van der Waals surface area contributed by atoms with Gasteiger partial charge in [-0.15, -0.1) is 56.7 Å². The van der Waals surface area contributed by atoms with Gasteiger partial charge < -0.3 is 93.6 Å². The lowest BCUT2D eigenvalue weighted by molar-refractivity contribution is -0.183. The van der Waals surface area contributed by atoms with E-state index in [1.54, 1.807) is 40.3 Å². The van der Waals surface area contributed by atoms with Crippen molar-refractivity contribution in [1.29, 1.82) is 0 Å². The molecule has 11 heterocycles. The Bertz CT molecular complexity index is 6840. The average molecular weight is 2150 g/mol. The van der Waals surface area contributed by atoms with Gasteiger partial charge >= 0.3 is 42.0 Å². The number of carboxylic acid groups (broad SMARTS) is 1. The Morgan fingerprint density at radius 1 is 0.397 bits per heavy atom. The lowest BCUT2D eigenvalue weighted by Crippen LogP contribution is -2.50. The monoisotopic (exact) mass is 2150 g/mol. The number of benzene rings is 6. The number of rotatable bonds is 31. The highest BCUT2D eigenvalue weighted by Crippen LogP contribution is 2.32. The Hall–Kier alpha value is -13.8. The molecule has 0 fully saturated rings. The van der Waals surface area contributed by atoms with Crippen LogP contribution in [0.5, 0.6) is 0 Å². The molecule has 8 N–H and O–H groups in total. The molecule has 6 atom stereocenters. The first-order valence-corrected chi connectivity index (χ1v) is 51.7. The van der Waals surface area contributed by atoms with Crippen molar-refractivity contribution in [2.24, 2.45) is 5.73 Å². The first kappa shape index (κ1) is 111. The molecule has 0 radical (unpaired) electrons. The summed E-state index contributed by atoms with van der Waals surface area (Å²) < 4.78 is 37.7. The minimum Gasteiger partial charge on any atom is -0.478 e. The van der Waals surface area contributed by atoms with E-state index >= 15 is 0 Å². The maximum atomic E-state index is 13.5. The number of hydrogen-bond donors (Lipinski definition) is 7. The molecule has 0 spiro atoms. The number of nitrogens with zero attached hydrogens (tertiary/aromatic N) is 9. The normalized spacial score (nSPS) is 13.5. The number of thiophene rings is 5. The lowest BCUT2D eigenvalue weighted by atomic mass is 10.0. The number of amides is 5. The molecule has 768 valence electrons. The zero-order valence-electron chi connectivity index (χ0n) is 82.0. The number of carboxylic acids is 1. The number of imidazole rings is 3. The van der Waals surface area contributed by atoms with Crippen LogP contribution in [-0.2, 0) is 174 Å². The Balaban J connectivity index is 0.000000162. The second kappa shape index (κ2) is 52.3. The van der Waals surface area contributed by atoms with Crippen molar-refractivity contribution in [3.05, 3.63) is 306 Å². The number of esters is 4. The maximum Gasteiger partial charge on any atom is 0.407 e. The number of halogens is 1. The van der Waals surface area contributed by atoms with Crippen LogP contribution in [0.1, 0.15) is 162 Å². The van der Waals surface area contributed by atoms with Gasteiger partial charge in [0, 0.05) is 140 Å². The fourth-order valence-corrected chi connectivity index (χ4v) is 20.5. The third kappa shape index (κ3) is 32.6. The van der Waals surface area contributed by atoms with Gasteiger partial charge in [-0.1, -0.05) is 109 Å². The van der Waals surface area contributed by atoms with E-state index in [0.29, 0.717) is 71.7 Å². The molecule has 34 nitrogen and oxygen atoms in total. The molecule has 0 aliphatic carbocycles. The molecule has 0 saturated heterocycles. The zero-order valence-corrected chi connectivity index (χ0v) is 87.7. The van der Waals surface area contributed by atoms with Gasteiger partial charge in [0.15, 0.2) is 17.7 Å². The number of ketones is 2. The van der Waals surface area contributed by atoms with Crippen LogP contribution in [0.15, 0.2) is 226 Å². The number of carbonyl (C=O) groups is 12. The molecule has 3 aliphatic rings. The van der Waals surface area contributed by atoms with Crippen molar-refractivity contribution in [3.8, 4) is 0 Å². The fourth-order valence-electron chi connectivity index (χ4n) is 15.7. The fraction of sp³-hybridized carbons (Fsp3) is 0.330. The number of nitrogens with two attached hydrogens (primary N) is 1. The van der Waals surface area contributed by atoms with E-state index in [0.717, 1.165) is 136 Å². The number of aliphatic carboxylic acids is 1. The number of nitrogens with one attached hydrogen (secondary N) is 2. The number of ether oxygens (including phenoxy) is 6. The number of para-hydroxylation sites is 6. The average Bonchev–Trinajstić information content (AvgIpc) is 1.65. The number of carbonyl (C=O) groups excluding carboxylic acids is 11. The van der Waals surface area contributed by atoms with Crippen LogP contribution in [0.3, 0.4) is 0 Å². The largest absolute Gasteiger partial charge is 0.478 e. The van der Waals surface area contributed by atoms with E-state index in [4.69, 9.17) is 34.5 Å². The molecule has 8 aromatic heterocycles. The first-order chi connectivity index (χ1) is 69.7. The van der Waals surface area contributed by atoms with Crippen molar-refractivity contribution in [2.75, 3.05) is 0 Å². The first-order valence-electron chi connectivity index (χ1n) is 46.5. The number of aliphatic hydroxyl groups excluding tert-OH is 3.